The van der Waals surface area contributed by atoms with Crippen LogP contribution in [0.3, 0.4) is 0 Å². The molecule has 3 nitrogen and oxygen atoms in total. The molecule has 0 unspecified atom stereocenters. The minimum Gasteiger partial charge on any atom is -0.330 e. The molecule has 0 spiro atoms. The average molecular weight is 254 g/mol. The molecule has 0 heterocycles. The second-order valence-corrected chi connectivity index (χ2v) is 4.34. The fourth-order valence-electron chi connectivity index (χ4n) is 1.96. The van der Waals surface area contributed by atoms with Crippen molar-refractivity contribution >= 4 is 11.6 Å². The number of amides is 1. The second-order valence-electron chi connectivity index (χ2n) is 4.34. The summed E-state index contributed by atoms with van der Waals surface area (Å²) in [5, 5.41) is 0. The standard InChI is InChI=1S/C16H18N2O/c17-12-11-16(19)18(15-9-5-2-6-10-15)13-14-7-3-1-4-8-14/h1-10H,11-13,17H2. The number of anilines is 1. The molecule has 0 atom stereocenters. The molecule has 0 aliphatic heterocycles. The van der Waals surface area contributed by atoms with E-state index in [0.717, 1.165) is 11.3 Å². The van der Waals surface area contributed by atoms with Gasteiger partial charge >= 0.3 is 0 Å². The van der Waals surface area contributed by atoms with Gasteiger partial charge in [0.2, 0.25) is 5.91 Å². The Morgan fingerprint density at radius 2 is 1.53 bits per heavy atom. The molecule has 0 bridgehead atoms. The summed E-state index contributed by atoms with van der Waals surface area (Å²) in [5.41, 5.74) is 7.51. The molecule has 2 aromatic carbocycles. The van der Waals surface area contributed by atoms with E-state index in [1.54, 1.807) is 4.90 Å². The van der Waals surface area contributed by atoms with Crippen molar-refractivity contribution < 1.29 is 4.79 Å². The van der Waals surface area contributed by atoms with E-state index in [-0.39, 0.29) is 5.91 Å². The quantitative estimate of drug-likeness (QED) is 0.891. The largest absolute Gasteiger partial charge is 0.330 e. The summed E-state index contributed by atoms with van der Waals surface area (Å²) in [4.78, 5) is 14.0. The molecule has 2 N–H and O–H groups in total. The summed E-state index contributed by atoms with van der Waals surface area (Å²) < 4.78 is 0. The number of nitrogens with two attached hydrogens (primary N) is 1. The van der Waals surface area contributed by atoms with E-state index in [1.165, 1.54) is 0 Å². The highest BCUT2D eigenvalue weighted by Crippen LogP contribution is 2.17. The molecule has 3 heteroatoms. The smallest absolute Gasteiger partial charge is 0.228 e. The van der Waals surface area contributed by atoms with Gasteiger partial charge in [0.1, 0.15) is 0 Å². The van der Waals surface area contributed by atoms with E-state index in [9.17, 15) is 4.79 Å². The van der Waals surface area contributed by atoms with Crippen LogP contribution in [0, 0.1) is 0 Å². The zero-order chi connectivity index (χ0) is 13.5. The number of carbonyl (C=O) groups excluding carboxylic acids is 1. The number of rotatable bonds is 5. The van der Waals surface area contributed by atoms with Crippen LogP contribution in [-0.2, 0) is 11.3 Å². The normalized spacial score (nSPS) is 10.2. The van der Waals surface area contributed by atoms with Gasteiger partial charge in [0.05, 0.1) is 6.54 Å². The van der Waals surface area contributed by atoms with Crippen molar-refractivity contribution in [2.24, 2.45) is 5.73 Å². The van der Waals surface area contributed by atoms with Crippen molar-refractivity contribution in [3.05, 3.63) is 66.2 Å². The first-order valence-corrected chi connectivity index (χ1v) is 6.40. The van der Waals surface area contributed by atoms with Gasteiger partial charge in [-0.05, 0) is 17.7 Å². The summed E-state index contributed by atoms with van der Waals surface area (Å²) in [6, 6.07) is 19.7. The number of carbonyl (C=O) groups is 1. The van der Waals surface area contributed by atoms with Crippen LogP contribution in [0.4, 0.5) is 5.69 Å². The van der Waals surface area contributed by atoms with Gasteiger partial charge in [0.25, 0.3) is 0 Å². The van der Waals surface area contributed by atoms with Gasteiger partial charge in [-0.3, -0.25) is 4.79 Å². The molecular weight excluding hydrogens is 236 g/mol. The number of hydrogen-bond donors (Lipinski definition) is 1. The maximum Gasteiger partial charge on any atom is 0.228 e. The Balaban J connectivity index is 2.22. The highest BCUT2D eigenvalue weighted by Gasteiger charge is 2.14. The molecule has 19 heavy (non-hydrogen) atoms. The predicted octanol–water partition coefficient (Wildman–Crippen LogP) is 2.57. The van der Waals surface area contributed by atoms with Crippen molar-refractivity contribution in [3.8, 4) is 0 Å². The lowest BCUT2D eigenvalue weighted by Gasteiger charge is -2.23. The van der Waals surface area contributed by atoms with Crippen LogP contribution in [-0.4, -0.2) is 12.5 Å². The summed E-state index contributed by atoms with van der Waals surface area (Å²) in [6.07, 6.45) is 0.363. The first-order valence-electron chi connectivity index (χ1n) is 6.40. The van der Waals surface area contributed by atoms with Gasteiger partial charge in [-0.2, -0.15) is 0 Å². The van der Waals surface area contributed by atoms with Crippen molar-refractivity contribution in [2.45, 2.75) is 13.0 Å². The van der Waals surface area contributed by atoms with Crippen LogP contribution in [0.5, 0.6) is 0 Å². The van der Waals surface area contributed by atoms with Crippen LogP contribution in [0.25, 0.3) is 0 Å². The molecule has 0 saturated carbocycles. The molecule has 2 rings (SSSR count). The lowest BCUT2D eigenvalue weighted by molar-refractivity contribution is -0.118. The van der Waals surface area contributed by atoms with E-state index < -0.39 is 0 Å². The Hall–Kier alpha value is -2.13. The highest BCUT2D eigenvalue weighted by atomic mass is 16.2. The summed E-state index contributed by atoms with van der Waals surface area (Å²) in [7, 11) is 0. The van der Waals surface area contributed by atoms with Gasteiger partial charge in [-0.25, -0.2) is 0 Å². The predicted molar refractivity (Wildman–Crippen MR) is 77.7 cm³/mol. The SMILES string of the molecule is NCCC(=O)N(Cc1ccccc1)c1ccccc1. The monoisotopic (exact) mass is 254 g/mol. The molecule has 98 valence electrons. The lowest BCUT2D eigenvalue weighted by Crippen LogP contribution is -2.31. The Morgan fingerprint density at radius 1 is 0.947 bits per heavy atom. The maximum atomic E-state index is 12.2. The summed E-state index contributed by atoms with van der Waals surface area (Å²) >= 11 is 0. The van der Waals surface area contributed by atoms with Crippen molar-refractivity contribution in [1.29, 1.82) is 0 Å². The van der Waals surface area contributed by atoms with E-state index in [1.807, 2.05) is 60.7 Å². The van der Waals surface area contributed by atoms with Gasteiger partial charge in [0.15, 0.2) is 0 Å². The first kappa shape index (κ1) is 13.3. The fraction of sp³-hybridized carbons (Fsp3) is 0.188. The van der Waals surface area contributed by atoms with Crippen LogP contribution in [0.2, 0.25) is 0 Å². The maximum absolute atomic E-state index is 12.2. The third-order valence-electron chi connectivity index (χ3n) is 2.91. The zero-order valence-electron chi connectivity index (χ0n) is 10.8. The first-order chi connectivity index (χ1) is 9.31. The number of benzene rings is 2. The topological polar surface area (TPSA) is 46.3 Å². The van der Waals surface area contributed by atoms with Crippen molar-refractivity contribution in [2.75, 3.05) is 11.4 Å². The number of para-hydroxylation sites is 1. The van der Waals surface area contributed by atoms with Gasteiger partial charge < -0.3 is 10.6 Å². The Bertz CT molecular complexity index is 511. The molecule has 1 amide bonds. The van der Waals surface area contributed by atoms with Crippen LogP contribution in [0.1, 0.15) is 12.0 Å². The van der Waals surface area contributed by atoms with E-state index in [4.69, 9.17) is 5.73 Å². The van der Waals surface area contributed by atoms with E-state index in [2.05, 4.69) is 0 Å². The van der Waals surface area contributed by atoms with Crippen molar-refractivity contribution in [3.63, 3.8) is 0 Å². The third kappa shape index (κ3) is 3.66. The number of nitrogens with zero attached hydrogens (tertiary/aromatic N) is 1. The molecule has 0 aromatic heterocycles. The Morgan fingerprint density at radius 3 is 2.11 bits per heavy atom. The van der Waals surface area contributed by atoms with Gasteiger partial charge in [-0.15, -0.1) is 0 Å². The molecule has 0 saturated heterocycles. The fourth-order valence-corrected chi connectivity index (χ4v) is 1.96. The summed E-state index contributed by atoms with van der Waals surface area (Å²) in [6.45, 7) is 0.945. The highest BCUT2D eigenvalue weighted by molar-refractivity contribution is 5.93. The molecule has 0 fully saturated rings. The Labute approximate surface area is 113 Å². The molecule has 0 aliphatic rings. The molecule has 0 radical (unpaired) electrons. The van der Waals surface area contributed by atoms with E-state index >= 15 is 0 Å². The zero-order valence-corrected chi connectivity index (χ0v) is 10.8. The van der Waals surface area contributed by atoms with Gasteiger partial charge in [0, 0.05) is 18.7 Å². The minimum absolute atomic E-state index is 0.0533. The van der Waals surface area contributed by atoms with Crippen LogP contribution >= 0.6 is 0 Å². The van der Waals surface area contributed by atoms with Crippen LogP contribution in [0.15, 0.2) is 60.7 Å². The van der Waals surface area contributed by atoms with Crippen molar-refractivity contribution in [1.82, 2.24) is 0 Å². The molecule has 0 aliphatic carbocycles. The van der Waals surface area contributed by atoms with E-state index in [0.29, 0.717) is 19.5 Å². The Kier molecular flexibility index (Phi) is 4.70. The molecule has 2 aromatic rings. The lowest BCUT2D eigenvalue weighted by atomic mass is 10.2. The third-order valence-corrected chi connectivity index (χ3v) is 2.91. The minimum atomic E-state index is 0.0533. The van der Waals surface area contributed by atoms with Gasteiger partial charge in [-0.1, -0.05) is 48.5 Å². The second kappa shape index (κ2) is 6.71. The number of hydrogen-bond acceptors (Lipinski definition) is 2. The summed E-state index contributed by atoms with van der Waals surface area (Å²) in [5.74, 6) is 0.0533. The van der Waals surface area contributed by atoms with Crippen LogP contribution < -0.4 is 10.6 Å². The molecular formula is C16H18N2O. The average Bonchev–Trinajstić information content (AvgIpc) is 2.47.